The Balaban J connectivity index is 1.60. The first-order valence-electron chi connectivity index (χ1n) is 10.0. The van der Waals surface area contributed by atoms with Gasteiger partial charge in [0.05, 0.1) is 12.6 Å². The maximum Gasteiger partial charge on any atom is 0.182 e. The molecule has 0 amide bonds. The van der Waals surface area contributed by atoms with Gasteiger partial charge in [-0.25, -0.2) is 32.6 Å². The van der Waals surface area contributed by atoms with Crippen LogP contribution in [0.15, 0.2) is 55.1 Å². The first-order valence-corrected chi connectivity index (χ1v) is 10.0. The lowest BCUT2D eigenvalue weighted by Gasteiger charge is -2.09. The third kappa shape index (κ3) is 3.66. The second-order valence-electron chi connectivity index (χ2n) is 7.30. The van der Waals surface area contributed by atoms with Crippen molar-refractivity contribution in [2.45, 2.75) is 6.42 Å². The number of aromatic nitrogens is 6. The fourth-order valence-corrected chi connectivity index (χ4v) is 3.66. The minimum Gasteiger partial charge on any atom is -0.496 e. The van der Waals surface area contributed by atoms with Gasteiger partial charge in [-0.2, -0.15) is 5.10 Å². The predicted molar refractivity (Wildman–Crippen MR) is 117 cm³/mol. The van der Waals surface area contributed by atoms with E-state index in [0.29, 0.717) is 34.2 Å². The van der Waals surface area contributed by atoms with Crippen LogP contribution in [0.1, 0.15) is 11.4 Å². The largest absolute Gasteiger partial charge is 0.496 e. The number of hydrogen-bond acceptors (Lipinski definition) is 7. The molecule has 0 saturated heterocycles. The Morgan fingerprint density at radius 3 is 2.68 bits per heavy atom. The molecule has 34 heavy (non-hydrogen) atoms. The van der Waals surface area contributed by atoms with E-state index in [1.807, 2.05) is 0 Å². The van der Waals surface area contributed by atoms with E-state index in [-0.39, 0.29) is 29.5 Å². The highest BCUT2D eigenvalue weighted by Gasteiger charge is 2.20. The highest BCUT2D eigenvalue weighted by molar-refractivity contribution is 5.80. The number of hydrogen-bond donors (Lipinski definition) is 1. The summed E-state index contributed by atoms with van der Waals surface area (Å²) in [6.45, 7) is 0. The molecule has 0 spiro atoms. The monoisotopic (exact) mass is 463 g/mol. The summed E-state index contributed by atoms with van der Waals surface area (Å²) in [7, 11) is 1.53. The summed E-state index contributed by atoms with van der Waals surface area (Å²) in [4.78, 5) is 17.4. The summed E-state index contributed by atoms with van der Waals surface area (Å²) >= 11 is 0. The van der Waals surface area contributed by atoms with Crippen LogP contribution in [0.4, 0.5) is 19.0 Å². The summed E-state index contributed by atoms with van der Waals surface area (Å²) in [6, 6.07) is 6.51. The third-order valence-electron chi connectivity index (χ3n) is 5.22. The van der Waals surface area contributed by atoms with Gasteiger partial charge in [0.2, 0.25) is 0 Å². The lowest BCUT2D eigenvalue weighted by Crippen LogP contribution is -2.03. The number of fused-ring (bicyclic) bond motifs is 1. The van der Waals surface area contributed by atoms with E-state index in [9.17, 15) is 13.2 Å². The van der Waals surface area contributed by atoms with E-state index in [1.165, 1.54) is 24.0 Å². The van der Waals surface area contributed by atoms with Crippen LogP contribution in [0, 0.1) is 17.5 Å². The molecular weight excluding hydrogens is 447 g/mol. The standard InChI is InChI=1S/C23H16F3N7O/c1-34-18-4-6-28-10-14(18)15-11-29-23(32-22(15)27)21-17-3-2-5-30-33(17)19(31-21)8-12-7-13(24)9-16(25)20(12)26/h2-7,9-11H,8H2,1H3,(H2,27,29,32). The number of benzene rings is 1. The van der Waals surface area contributed by atoms with Crippen LogP contribution in [0.5, 0.6) is 5.75 Å². The van der Waals surface area contributed by atoms with Crippen molar-refractivity contribution < 1.29 is 17.9 Å². The Morgan fingerprint density at radius 2 is 1.88 bits per heavy atom. The molecular formula is C23H16F3N7O. The Morgan fingerprint density at radius 1 is 1.03 bits per heavy atom. The molecule has 170 valence electrons. The molecule has 4 heterocycles. The van der Waals surface area contributed by atoms with Crippen molar-refractivity contribution in [3.63, 3.8) is 0 Å². The van der Waals surface area contributed by atoms with Crippen molar-refractivity contribution in [2.75, 3.05) is 12.8 Å². The highest BCUT2D eigenvalue weighted by Crippen LogP contribution is 2.33. The van der Waals surface area contributed by atoms with Gasteiger partial charge in [-0.05, 0) is 24.3 Å². The van der Waals surface area contributed by atoms with Crippen molar-refractivity contribution in [3.8, 4) is 28.4 Å². The number of methoxy groups -OCH3 is 1. The molecule has 0 aliphatic carbocycles. The SMILES string of the molecule is COc1ccncc1-c1cnc(-c2nc(Cc3cc(F)cc(F)c3F)n3ncccc23)nc1N. The molecule has 8 nitrogen and oxygen atoms in total. The third-order valence-corrected chi connectivity index (χ3v) is 5.22. The number of rotatable bonds is 5. The van der Waals surface area contributed by atoms with Gasteiger partial charge in [-0.1, -0.05) is 0 Å². The molecule has 0 fully saturated rings. The van der Waals surface area contributed by atoms with E-state index >= 15 is 0 Å². The molecule has 5 aromatic rings. The fourth-order valence-electron chi connectivity index (χ4n) is 3.66. The number of ether oxygens (including phenoxy) is 1. The summed E-state index contributed by atoms with van der Waals surface area (Å²) in [6.07, 6.45) is 6.01. The lowest BCUT2D eigenvalue weighted by atomic mass is 10.1. The van der Waals surface area contributed by atoms with Crippen molar-refractivity contribution in [1.29, 1.82) is 0 Å². The van der Waals surface area contributed by atoms with Gasteiger partial charge in [0.15, 0.2) is 17.5 Å². The van der Waals surface area contributed by atoms with Crippen LogP contribution >= 0.6 is 0 Å². The highest BCUT2D eigenvalue weighted by atomic mass is 19.2. The molecule has 11 heteroatoms. The smallest absolute Gasteiger partial charge is 0.182 e. The normalized spacial score (nSPS) is 11.2. The molecule has 5 rings (SSSR count). The Labute approximate surface area is 190 Å². The molecule has 0 aliphatic rings. The van der Waals surface area contributed by atoms with E-state index in [0.717, 1.165) is 6.07 Å². The van der Waals surface area contributed by atoms with Crippen LogP contribution in [-0.2, 0) is 6.42 Å². The van der Waals surface area contributed by atoms with E-state index in [1.54, 1.807) is 30.6 Å². The predicted octanol–water partition coefficient (Wildman–Crippen LogP) is 3.85. The van der Waals surface area contributed by atoms with E-state index < -0.39 is 17.5 Å². The van der Waals surface area contributed by atoms with Crippen molar-refractivity contribution >= 4 is 11.3 Å². The van der Waals surface area contributed by atoms with Crippen molar-refractivity contribution in [2.24, 2.45) is 0 Å². The van der Waals surface area contributed by atoms with Gasteiger partial charge in [0.1, 0.15) is 28.9 Å². The summed E-state index contributed by atoms with van der Waals surface area (Å²) in [5, 5.41) is 4.24. The van der Waals surface area contributed by atoms with Crippen LogP contribution < -0.4 is 10.5 Å². The Bertz CT molecular complexity index is 1540. The number of halogens is 3. The second-order valence-corrected chi connectivity index (χ2v) is 7.30. The molecule has 0 saturated carbocycles. The summed E-state index contributed by atoms with van der Waals surface area (Å²) < 4.78 is 48.4. The zero-order valence-electron chi connectivity index (χ0n) is 17.7. The molecule has 2 N–H and O–H groups in total. The van der Waals surface area contributed by atoms with Crippen LogP contribution in [-0.4, -0.2) is 36.7 Å². The van der Waals surface area contributed by atoms with Gasteiger partial charge in [-0.3, -0.25) is 4.98 Å². The van der Waals surface area contributed by atoms with Gasteiger partial charge in [0.25, 0.3) is 0 Å². The second kappa shape index (κ2) is 8.43. The molecule has 0 radical (unpaired) electrons. The molecule has 1 aromatic carbocycles. The number of nitrogens with two attached hydrogens (primary N) is 1. The maximum atomic E-state index is 14.3. The van der Waals surface area contributed by atoms with Gasteiger partial charge < -0.3 is 10.5 Å². The minimum absolute atomic E-state index is 0.168. The zero-order valence-corrected chi connectivity index (χ0v) is 17.7. The topological polar surface area (TPSA) is 104 Å². The number of anilines is 1. The van der Waals surface area contributed by atoms with E-state index in [4.69, 9.17) is 10.5 Å². The van der Waals surface area contributed by atoms with E-state index in [2.05, 4.69) is 25.0 Å². The quantitative estimate of drug-likeness (QED) is 0.395. The summed E-state index contributed by atoms with van der Waals surface area (Å²) in [5.74, 6) is -2.14. The average molecular weight is 463 g/mol. The molecule has 0 bridgehead atoms. The summed E-state index contributed by atoms with van der Waals surface area (Å²) in [5.41, 5.74) is 8.02. The van der Waals surface area contributed by atoms with Crippen LogP contribution in [0.2, 0.25) is 0 Å². The van der Waals surface area contributed by atoms with Crippen LogP contribution in [0.25, 0.3) is 28.2 Å². The molecule has 4 aromatic heterocycles. The Hall–Kier alpha value is -4.54. The lowest BCUT2D eigenvalue weighted by molar-refractivity contribution is 0.416. The minimum atomic E-state index is -1.28. The van der Waals surface area contributed by atoms with Gasteiger partial charge >= 0.3 is 0 Å². The maximum absolute atomic E-state index is 14.3. The van der Waals surface area contributed by atoms with Gasteiger partial charge in [0, 0.05) is 54.0 Å². The first-order chi connectivity index (χ1) is 16.5. The number of pyridine rings is 1. The van der Waals surface area contributed by atoms with Crippen LogP contribution in [0.3, 0.4) is 0 Å². The number of nitrogens with zero attached hydrogens (tertiary/aromatic N) is 6. The average Bonchev–Trinajstić information content (AvgIpc) is 3.20. The fraction of sp³-hybridized carbons (Fsp3) is 0.0870. The Kier molecular flexibility index (Phi) is 5.28. The molecule has 0 atom stereocenters. The first kappa shape index (κ1) is 21.3. The van der Waals surface area contributed by atoms with Crippen molar-refractivity contribution in [3.05, 3.63) is 84.0 Å². The van der Waals surface area contributed by atoms with Crippen molar-refractivity contribution in [1.82, 2.24) is 29.5 Å². The van der Waals surface area contributed by atoms with Gasteiger partial charge in [-0.15, -0.1) is 0 Å². The number of imidazole rings is 1. The molecule has 0 aliphatic heterocycles. The zero-order chi connectivity index (χ0) is 23.8. The number of nitrogen functional groups attached to an aromatic ring is 1. The molecule has 0 unspecified atom stereocenters.